The third kappa shape index (κ3) is 6.05. The average Bonchev–Trinajstić information content (AvgIpc) is 2.86. The Morgan fingerprint density at radius 3 is 1.47 bits per heavy atom. The molecule has 0 saturated heterocycles. The van der Waals surface area contributed by atoms with E-state index in [1.54, 1.807) is 24.3 Å². The maximum atomic E-state index is 12.3. The molecule has 0 radical (unpaired) electrons. The molecule has 6 nitrogen and oxygen atoms in total. The molecule has 0 spiro atoms. The molecule has 4 rings (SSSR count). The van der Waals surface area contributed by atoms with Gasteiger partial charge in [-0.05, 0) is 46.0 Å². The molecule has 0 aliphatic heterocycles. The van der Waals surface area contributed by atoms with Crippen LogP contribution in [0.15, 0.2) is 107 Å². The van der Waals surface area contributed by atoms with Gasteiger partial charge in [-0.3, -0.25) is 9.11 Å². The van der Waals surface area contributed by atoms with Crippen LogP contribution < -0.4 is 0 Å². The van der Waals surface area contributed by atoms with E-state index in [2.05, 4.69) is 0 Å². The molecule has 0 aliphatic rings. The molecule has 2 N–H and O–H groups in total. The molecule has 0 bridgehead atoms. The van der Waals surface area contributed by atoms with E-state index >= 15 is 0 Å². The van der Waals surface area contributed by atoms with Crippen molar-refractivity contribution in [1.29, 1.82) is 0 Å². The van der Waals surface area contributed by atoms with Crippen molar-refractivity contribution in [2.24, 2.45) is 0 Å². The van der Waals surface area contributed by atoms with Gasteiger partial charge in [0.25, 0.3) is 20.2 Å². The Labute approximate surface area is 210 Å². The highest BCUT2D eigenvalue weighted by Gasteiger charge is 2.20. The van der Waals surface area contributed by atoms with Crippen molar-refractivity contribution < 1.29 is 25.9 Å². The summed E-state index contributed by atoms with van der Waals surface area (Å²) < 4.78 is 66.9. The van der Waals surface area contributed by atoms with Crippen molar-refractivity contribution in [3.63, 3.8) is 0 Å². The molecule has 0 fully saturated rings. The number of hydrogen-bond donors (Lipinski definition) is 2. The van der Waals surface area contributed by atoms with E-state index in [0.29, 0.717) is 16.7 Å². The predicted molar refractivity (Wildman–Crippen MR) is 142 cm³/mol. The Hall–Kier alpha value is -3.82. The first-order valence-corrected chi connectivity index (χ1v) is 13.7. The summed E-state index contributed by atoms with van der Waals surface area (Å²) in [6.45, 7) is 0. The van der Waals surface area contributed by atoms with Crippen molar-refractivity contribution in [3.05, 3.63) is 119 Å². The minimum absolute atomic E-state index is 0.258. The highest BCUT2D eigenvalue weighted by Crippen LogP contribution is 2.34. The fourth-order valence-corrected chi connectivity index (χ4v) is 4.91. The van der Waals surface area contributed by atoms with Crippen LogP contribution in [0.5, 0.6) is 0 Å². The van der Waals surface area contributed by atoms with Crippen molar-refractivity contribution in [3.8, 4) is 11.1 Å². The first-order valence-electron chi connectivity index (χ1n) is 10.8. The third-order valence-corrected chi connectivity index (χ3v) is 7.25. The zero-order chi connectivity index (χ0) is 25.8. The molecule has 0 unspecified atom stereocenters. The molecular weight excluding hydrogens is 496 g/mol. The van der Waals surface area contributed by atoms with Crippen LogP contribution >= 0.6 is 0 Å². The maximum absolute atomic E-state index is 12.3. The van der Waals surface area contributed by atoms with E-state index in [1.165, 1.54) is 30.3 Å². The highest BCUT2D eigenvalue weighted by molar-refractivity contribution is 7.86. The van der Waals surface area contributed by atoms with Crippen LogP contribution in [0, 0.1) is 0 Å². The molecule has 4 aromatic carbocycles. The lowest BCUT2D eigenvalue weighted by Crippen LogP contribution is -2.04. The first kappa shape index (κ1) is 25.3. The fourth-order valence-electron chi connectivity index (χ4n) is 3.74. The SMILES string of the molecule is O=S(=O)(O)c1ccc(-c2ccc(S(=O)(=O)O)c(C=Cc3ccccc3)c2C=Cc2ccccc2)cc1. The van der Waals surface area contributed by atoms with Crippen molar-refractivity contribution in [2.45, 2.75) is 9.79 Å². The monoisotopic (exact) mass is 518 g/mol. The van der Waals surface area contributed by atoms with Gasteiger partial charge in [0.15, 0.2) is 0 Å². The van der Waals surface area contributed by atoms with E-state index in [9.17, 15) is 25.9 Å². The second-order valence-corrected chi connectivity index (χ2v) is 10.7. The molecular formula is C28H22O6S2. The van der Waals surface area contributed by atoms with Gasteiger partial charge in [0.1, 0.15) is 4.90 Å². The lowest BCUT2D eigenvalue weighted by atomic mass is 9.94. The Balaban J connectivity index is 1.96. The zero-order valence-corrected chi connectivity index (χ0v) is 20.5. The van der Waals surface area contributed by atoms with Crippen molar-refractivity contribution in [1.82, 2.24) is 0 Å². The van der Waals surface area contributed by atoms with Crippen LogP contribution in [-0.4, -0.2) is 25.9 Å². The Morgan fingerprint density at radius 2 is 1.00 bits per heavy atom. The molecule has 0 saturated carbocycles. The quantitative estimate of drug-likeness (QED) is 0.223. The van der Waals surface area contributed by atoms with E-state index in [0.717, 1.165) is 11.1 Å². The number of benzene rings is 4. The summed E-state index contributed by atoms with van der Waals surface area (Å²) in [6.07, 6.45) is 6.94. The average molecular weight is 519 g/mol. The maximum Gasteiger partial charge on any atom is 0.295 e. The Kier molecular flexibility index (Phi) is 7.32. The van der Waals surface area contributed by atoms with Gasteiger partial charge in [0.2, 0.25) is 0 Å². The normalized spacial score (nSPS) is 12.4. The third-order valence-electron chi connectivity index (χ3n) is 5.47. The summed E-state index contributed by atoms with van der Waals surface area (Å²) in [6, 6.07) is 27.2. The molecule has 8 heteroatoms. The Bertz CT molecular complexity index is 1640. The van der Waals surface area contributed by atoms with Gasteiger partial charge in [0, 0.05) is 5.56 Å². The van der Waals surface area contributed by atoms with E-state index in [-0.39, 0.29) is 15.4 Å². The summed E-state index contributed by atoms with van der Waals surface area (Å²) in [4.78, 5) is -0.521. The number of rotatable bonds is 7. The summed E-state index contributed by atoms with van der Waals surface area (Å²) in [5, 5.41) is 0. The molecule has 0 aromatic heterocycles. The largest absolute Gasteiger partial charge is 0.295 e. The topological polar surface area (TPSA) is 109 Å². The van der Waals surface area contributed by atoms with Crippen LogP contribution in [0.3, 0.4) is 0 Å². The Morgan fingerprint density at radius 1 is 0.500 bits per heavy atom. The van der Waals surface area contributed by atoms with Gasteiger partial charge in [-0.2, -0.15) is 16.8 Å². The van der Waals surface area contributed by atoms with Crippen molar-refractivity contribution in [2.75, 3.05) is 0 Å². The van der Waals surface area contributed by atoms with E-state index < -0.39 is 20.2 Å². The van der Waals surface area contributed by atoms with Gasteiger partial charge in [-0.15, -0.1) is 0 Å². The lowest BCUT2D eigenvalue weighted by molar-refractivity contribution is 0.481. The minimum atomic E-state index is -4.57. The number of hydrogen-bond acceptors (Lipinski definition) is 4. The summed E-state index contributed by atoms with van der Waals surface area (Å²) in [7, 11) is -8.94. The molecule has 0 atom stereocenters. The van der Waals surface area contributed by atoms with Crippen LogP contribution in [0.25, 0.3) is 35.4 Å². The van der Waals surface area contributed by atoms with Crippen LogP contribution in [-0.2, 0) is 20.2 Å². The summed E-state index contributed by atoms with van der Waals surface area (Å²) >= 11 is 0. The van der Waals surface area contributed by atoms with Crippen molar-refractivity contribution >= 4 is 44.5 Å². The zero-order valence-electron chi connectivity index (χ0n) is 18.9. The predicted octanol–water partition coefficient (Wildman–Crippen LogP) is 6.19. The van der Waals surface area contributed by atoms with E-state index in [4.69, 9.17) is 0 Å². The van der Waals surface area contributed by atoms with Gasteiger partial charge >= 0.3 is 0 Å². The lowest BCUT2D eigenvalue weighted by Gasteiger charge is -2.14. The summed E-state index contributed by atoms with van der Waals surface area (Å²) in [5.41, 5.74) is 3.67. The molecule has 36 heavy (non-hydrogen) atoms. The molecule has 0 heterocycles. The van der Waals surface area contributed by atoms with Gasteiger partial charge in [0.05, 0.1) is 4.90 Å². The van der Waals surface area contributed by atoms with Crippen LogP contribution in [0.1, 0.15) is 22.3 Å². The second-order valence-electron chi connectivity index (χ2n) is 7.90. The highest BCUT2D eigenvalue weighted by atomic mass is 32.2. The first-order chi connectivity index (χ1) is 17.1. The minimum Gasteiger partial charge on any atom is -0.282 e. The van der Waals surface area contributed by atoms with Gasteiger partial charge < -0.3 is 0 Å². The fraction of sp³-hybridized carbons (Fsp3) is 0. The second kappa shape index (κ2) is 10.4. The van der Waals surface area contributed by atoms with Gasteiger partial charge in [-0.25, -0.2) is 0 Å². The molecule has 182 valence electrons. The standard InChI is InChI=1S/C28H22O6S2/c29-35(30,31)24-15-13-23(14-16-24)25-19-20-28(36(32,33)34)27(18-12-22-9-5-2-6-10-22)26(25)17-11-21-7-3-1-4-8-21/h1-20H,(H,29,30,31)(H,32,33,34). The molecule has 0 amide bonds. The summed E-state index contributed by atoms with van der Waals surface area (Å²) in [5.74, 6) is 0. The molecule has 4 aromatic rings. The van der Waals surface area contributed by atoms with Crippen LogP contribution in [0.4, 0.5) is 0 Å². The molecule has 0 aliphatic carbocycles. The van der Waals surface area contributed by atoms with Crippen LogP contribution in [0.2, 0.25) is 0 Å². The smallest absolute Gasteiger partial charge is 0.282 e. The van der Waals surface area contributed by atoms with Gasteiger partial charge in [-0.1, -0.05) is 103 Å². The van der Waals surface area contributed by atoms with E-state index in [1.807, 2.05) is 66.7 Å².